The number of thiazole rings is 1. The van der Waals surface area contributed by atoms with Crippen LogP contribution in [0.3, 0.4) is 0 Å². The molecule has 0 spiro atoms. The molecule has 0 unspecified atom stereocenters. The summed E-state index contributed by atoms with van der Waals surface area (Å²) in [6, 6.07) is 7.59. The smallest absolute Gasteiger partial charge is 0.307 e. The average Bonchev–Trinajstić information content (AvgIpc) is 2.89. The van der Waals surface area contributed by atoms with E-state index in [-0.39, 0.29) is 23.2 Å². The Balaban J connectivity index is 2.01. The Kier molecular flexibility index (Phi) is 5.98. The molecule has 5 nitrogen and oxygen atoms in total. The molecule has 1 aromatic heterocycles. The molecule has 0 fully saturated rings. The highest BCUT2D eigenvalue weighted by atomic mass is 32.1. The second-order valence-corrected chi connectivity index (χ2v) is 6.14. The van der Waals surface area contributed by atoms with Gasteiger partial charge in [-0.1, -0.05) is 36.5 Å². The summed E-state index contributed by atoms with van der Waals surface area (Å²) in [6.07, 6.45) is 1.05. The van der Waals surface area contributed by atoms with Crippen molar-refractivity contribution in [3.63, 3.8) is 0 Å². The number of aryl methyl sites for hydroxylation is 1. The topological polar surface area (TPSA) is 60.3 Å². The molecule has 1 aromatic carbocycles. The van der Waals surface area contributed by atoms with Crippen LogP contribution in [-0.4, -0.2) is 17.6 Å². The molecule has 1 amide bonds. The maximum Gasteiger partial charge on any atom is 0.307 e. The van der Waals surface area contributed by atoms with E-state index in [2.05, 4.69) is 5.32 Å². The molecule has 0 aliphatic heterocycles. The number of hydrogen-bond donors (Lipinski definition) is 1. The molecule has 0 bridgehead atoms. The zero-order chi connectivity index (χ0) is 16.8. The first-order valence-electron chi connectivity index (χ1n) is 7.64. The number of carbonyl (C=O) groups is 1. The van der Waals surface area contributed by atoms with Gasteiger partial charge >= 0.3 is 4.87 Å². The molecule has 2 aromatic rings. The highest BCUT2D eigenvalue weighted by Crippen LogP contribution is 2.26. The molecule has 0 saturated carbocycles. The molecular weight excluding hydrogens is 312 g/mol. The van der Waals surface area contributed by atoms with Crippen molar-refractivity contribution in [1.82, 2.24) is 9.88 Å². The third-order valence-corrected chi connectivity index (χ3v) is 4.68. The average molecular weight is 334 g/mol. The fourth-order valence-corrected chi connectivity index (χ4v) is 3.27. The predicted molar refractivity (Wildman–Crippen MR) is 92.1 cm³/mol. The molecule has 0 saturated heterocycles. The highest BCUT2D eigenvalue weighted by Gasteiger charge is 2.16. The van der Waals surface area contributed by atoms with Crippen molar-refractivity contribution in [1.29, 1.82) is 0 Å². The lowest BCUT2D eigenvalue weighted by Crippen LogP contribution is -2.30. The molecule has 0 radical (unpaired) electrons. The Hall–Kier alpha value is -2.08. The van der Waals surface area contributed by atoms with E-state index in [9.17, 15) is 9.59 Å². The van der Waals surface area contributed by atoms with E-state index in [0.717, 1.165) is 34.8 Å². The predicted octanol–water partition coefficient (Wildman–Crippen LogP) is 2.88. The minimum absolute atomic E-state index is 0.0212. The lowest BCUT2D eigenvalue weighted by atomic mass is 10.0. The van der Waals surface area contributed by atoms with Crippen LogP contribution < -0.4 is 14.9 Å². The largest absolute Gasteiger partial charge is 0.496 e. The zero-order valence-electron chi connectivity index (χ0n) is 13.7. The van der Waals surface area contributed by atoms with Crippen molar-refractivity contribution in [2.75, 3.05) is 7.11 Å². The summed E-state index contributed by atoms with van der Waals surface area (Å²) in [5, 5.41) is 4.84. The molecule has 1 heterocycles. The van der Waals surface area contributed by atoms with Gasteiger partial charge in [-0.25, -0.2) is 0 Å². The van der Waals surface area contributed by atoms with Crippen molar-refractivity contribution in [2.45, 2.75) is 39.3 Å². The Morgan fingerprint density at radius 1 is 1.39 bits per heavy atom. The summed E-state index contributed by atoms with van der Waals surface area (Å²) in [5.74, 6) is 0.699. The maximum atomic E-state index is 12.2. The number of nitrogens with one attached hydrogen (secondary N) is 1. The van der Waals surface area contributed by atoms with Crippen LogP contribution in [-0.2, 0) is 11.3 Å². The van der Waals surface area contributed by atoms with E-state index >= 15 is 0 Å². The molecule has 1 N–H and O–H groups in total. The number of rotatable bonds is 7. The summed E-state index contributed by atoms with van der Waals surface area (Å²) in [5.41, 5.74) is 1.86. The maximum absolute atomic E-state index is 12.2. The Bertz CT molecular complexity index is 721. The summed E-state index contributed by atoms with van der Waals surface area (Å²) in [7, 11) is 1.62. The van der Waals surface area contributed by atoms with Crippen LogP contribution in [0.1, 0.15) is 37.1 Å². The third-order valence-electron chi connectivity index (χ3n) is 3.80. The SMILES string of the molecule is CC[C@H](NC(=O)CCn1c(C)csc1=O)c1ccccc1OC. The van der Waals surface area contributed by atoms with E-state index in [0.29, 0.717) is 6.54 Å². The van der Waals surface area contributed by atoms with E-state index < -0.39 is 0 Å². The fourth-order valence-electron chi connectivity index (χ4n) is 2.51. The van der Waals surface area contributed by atoms with Gasteiger partial charge in [0.1, 0.15) is 5.75 Å². The zero-order valence-corrected chi connectivity index (χ0v) is 14.5. The van der Waals surface area contributed by atoms with Crippen LogP contribution in [0.15, 0.2) is 34.4 Å². The number of aromatic nitrogens is 1. The van der Waals surface area contributed by atoms with Crippen LogP contribution in [0.25, 0.3) is 0 Å². The second-order valence-electron chi connectivity index (χ2n) is 5.31. The van der Waals surface area contributed by atoms with Gasteiger partial charge in [-0.05, 0) is 19.4 Å². The lowest BCUT2D eigenvalue weighted by Gasteiger charge is -2.20. The number of amides is 1. The van der Waals surface area contributed by atoms with Gasteiger partial charge in [0, 0.05) is 29.6 Å². The van der Waals surface area contributed by atoms with Crippen LogP contribution >= 0.6 is 11.3 Å². The van der Waals surface area contributed by atoms with Gasteiger partial charge in [0.05, 0.1) is 13.2 Å². The van der Waals surface area contributed by atoms with Gasteiger partial charge < -0.3 is 14.6 Å². The van der Waals surface area contributed by atoms with Crippen molar-refractivity contribution in [3.8, 4) is 5.75 Å². The molecule has 23 heavy (non-hydrogen) atoms. The van der Waals surface area contributed by atoms with Crippen molar-refractivity contribution in [3.05, 3.63) is 50.6 Å². The van der Waals surface area contributed by atoms with Crippen molar-refractivity contribution >= 4 is 17.2 Å². The molecule has 6 heteroatoms. The first-order valence-corrected chi connectivity index (χ1v) is 8.52. The number of hydrogen-bond acceptors (Lipinski definition) is 4. The summed E-state index contributed by atoms with van der Waals surface area (Å²) in [4.78, 5) is 23.9. The van der Waals surface area contributed by atoms with Gasteiger partial charge in [-0.3, -0.25) is 9.59 Å². The number of para-hydroxylation sites is 1. The minimum atomic E-state index is -0.0982. The summed E-state index contributed by atoms with van der Waals surface area (Å²) in [6.45, 7) is 4.30. The number of carbonyl (C=O) groups excluding carboxylic acids is 1. The van der Waals surface area contributed by atoms with Crippen LogP contribution in [0.5, 0.6) is 5.75 Å². The molecule has 2 rings (SSSR count). The van der Waals surface area contributed by atoms with Crippen LogP contribution in [0, 0.1) is 6.92 Å². The van der Waals surface area contributed by atoms with Gasteiger partial charge in [0.2, 0.25) is 5.91 Å². The van der Waals surface area contributed by atoms with E-state index in [1.807, 2.05) is 43.5 Å². The van der Waals surface area contributed by atoms with Crippen LogP contribution in [0.4, 0.5) is 0 Å². The number of benzene rings is 1. The lowest BCUT2D eigenvalue weighted by molar-refractivity contribution is -0.122. The Morgan fingerprint density at radius 2 is 2.13 bits per heavy atom. The number of nitrogens with zero attached hydrogens (tertiary/aromatic N) is 1. The summed E-state index contributed by atoms with van der Waals surface area (Å²) >= 11 is 1.16. The molecule has 124 valence electrons. The Morgan fingerprint density at radius 3 is 2.74 bits per heavy atom. The van der Waals surface area contributed by atoms with Gasteiger partial charge in [-0.2, -0.15) is 0 Å². The highest BCUT2D eigenvalue weighted by molar-refractivity contribution is 7.07. The Labute approximate surface area is 139 Å². The summed E-state index contributed by atoms with van der Waals surface area (Å²) < 4.78 is 7.00. The molecule has 1 atom stereocenters. The number of methoxy groups -OCH3 is 1. The van der Waals surface area contributed by atoms with E-state index in [1.165, 1.54) is 0 Å². The molecule has 0 aliphatic carbocycles. The van der Waals surface area contributed by atoms with Crippen molar-refractivity contribution < 1.29 is 9.53 Å². The molecule has 0 aliphatic rings. The van der Waals surface area contributed by atoms with Gasteiger partial charge in [0.15, 0.2) is 0 Å². The third kappa shape index (κ3) is 4.22. The van der Waals surface area contributed by atoms with E-state index in [4.69, 9.17) is 4.74 Å². The van der Waals surface area contributed by atoms with Crippen LogP contribution in [0.2, 0.25) is 0 Å². The standard InChI is InChI=1S/C17H22N2O3S/c1-4-14(13-7-5-6-8-15(13)22-3)18-16(20)9-10-19-12(2)11-23-17(19)21/h5-8,11,14H,4,9-10H2,1-3H3,(H,18,20)/t14-/m0/s1. The van der Waals surface area contributed by atoms with E-state index in [1.54, 1.807) is 11.7 Å². The second kappa shape index (κ2) is 7.97. The van der Waals surface area contributed by atoms with Gasteiger partial charge in [-0.15, -0.1) is 0 Å². The monoisotopic (exact) mass is 334 g/mol. The van der Waals surface area contributed by atoms with Gasteiger partial charge in [0.25, 0.3) is 0 Å². The molecular formula is C17H22N2O3S. The van der Waals surface area contributed by atoms with Crippen molar-refractivity contribution in [2.24, 2.45) is 0 Å². The fraction of sp³-hybridized carbons (Fsp3) is 0.412. The minimum Gasteiger partial charge on any atom is -0.496 e. The first-order chi connectivity index (χ1) is 11.1. The normalized spacial score (nSPS) is 12.0. The quantitative estimate of drug-likeness (QED) is 0.847. The first kappa shape index (κ1) is 17.3. The number of ether oxygens (including phenoxy) is 1.